The summed E-state index contributed by atoms with van der Waals surface area (Å²) < 4.78 is 2.00. The van der Waals surface area contributed by atoms with E-state index in [-0.39, 0.29) is 17.9 Å². The first-order valence-electron chi connectivity index (χ1n) is 13.3. The Morgan fingerprint density at radius 1 is 1.22 bits per heavy atom. The molecule has 3 aromatic rings. The van der Waals surface area contributed by atoms with Crippen LogP contribution in [0.25, 0.3) is 11.0 Å². The predicted octanol–water partition coefficient (Wildman–Crippen LogP) is 5.94. The van der Waals surface area contributed by atoms with Gasteiger partial charge in [-0.25, -0.2) is 4.98 Å². The van der Waals surface area contributed by atoms with Crippen molar-refractivity contribution in [3.05, 3.63) is 59.7 Å². The van der Waals surface area contributed by atoms with Gasteiger partial charge in [-0.15, -0.1) is 0 Å². The lowest BCUT2D eigenvalue weighted by molar-refractivity contribution is -0.139. The van der Waals surface area contributed by atoms with Gasteiger partial charge in [0.15, 0.2) is 0 Å². The molecular formula is C30H37N5O2. The number of rotatable bonds is 9. The van der Waals surface area contributed by atoms with Crippen LogP contribution in [0.2, 0.25) is 0 Å². The zero-order valence-corrected chi connectivity index (χ0v) is 22.3. The lowest BCUT2D eigenvalue weighted by atomic mass is 9.83. The van der Waals surface area contributed by atoms with Gasteiger partial charge in [-0.1, -0.05) is 56.5 Å². The fourth-order valence-corrected chi connectivity index (χ4v) is 5.21. The molecule has 37 heavy (non-hydrogen) atoms. The second-order valence-electron chi connectivity index (χ2n) is 10.9. The Kier molecular flexibility index (Phi) is 7.97. The van der Waals surface area contributed by atoms with E-state index in [0.717, 1.165) is 42.3 Å². The Bertz CT molecular complexity index is 1320. The summed E-state index contributed by atoms with van der Waals surface area (Å²) in [5, 5.41) is 13.0. The van der Waals surface area contributed by atoms with Crippen LogP contribution in [-0.2, 0) is 11.3 Å². The molecule has 2 aromatic carbocycles. The number of aryl methyl sites for hydroxylation is 1. The third-order valence-electron chi connectivity index (χ3n) is 7.37. The number of carbonyl (C=O) groups excluding carboxylic acids is 2. The molecule has 1 aliphatic rings. The van der Waals surface area contributed by atoms with E-state index in [1.54, 1.807) is 13.0 Å². The second kappa shape index (κ2) is 11.2. The van der Waals surface area contributed by atoms with Crippen molar-refractivity contribution in [3.8, 4) is 6.07 Å². The van der Waals surface area contributed by atoms with Gasteiger partial charge in [-0.05, 0) is 63.3 Å². The molecule has 1 fully saturated rings. The third kappa shape index (κ3) is 5.85. The number of nitrogens with zero attached hydrogens (tertiary/aromatic N) is 4. The van der Waals surface area contributed by atoms with E-state index in [1.165, 1.54) is 0 Å². The molecule has 1 aromatic heterocycles. The number of anilines is 1. The molecule has 1 aliphatic heterocycles. The monoisotopic (exact) mass is 499 g/mol. The SMILES string of the molecule is Cc1cccc(C(=O)Nc2nc3ccccc3n2C[C@H]2CCCN2C(=O)C(C)(C#N)CCCC(C)C)c1. The molecule has 0 bridgehead atoms. The summed E-state index contributed by atoms with van der Waals surface area (Å²) in [6.45, 7) is 9.20. The molecular weight excluding hydrogens is 462 g/mol. The fourth-order valence-electron chi connectivity index (χ4n) is 5.21. The van der Waals surface area contributed by atoms with Crippen LogP contribution in [0.15, 0.2) is 48.5 Å². The first-order chi connectivity index (χ1) is 17.7. The van der Waals surface area contributed by atoms with Crippen molar-refractivity contribution in [2.45, 2.75) is 72.4 Å². The first-order valence-corrected chi connectivity index (χ1v) is 13.3. The average molecular weight is 500 g/mol. The van der Waals surface area contributed by atoms with E-state index in [0.29, 0.717) is 36.9 Å². The first kappa shape index (κ1) is 26.4. The summed E-state index contributed by atoms with van der Waals surface area (Å²) in [6, 6.07) is 17.5. The molecule has 0 saturated carbocycles. The Morgan fingerprint density at radius 2 is 2.00 bits per heavy atom. The van der Waals surface area contributed by atoms with Gasteiger partial charge in [0.2, 0.25) is 11.9 Å². The van der Waals surface area contributed by atoms with Crippen LogP contribution in [0.5, 0.6) is 0 Å². The Labute approximate surface area is 219 Å². The van der Waals surface area contributed by atoms with Crippen molar-refractivity contribution in [2.75, 3.05) is 11.9 Å². The molecule has 4 rings (SSSR count). The van der Waals surface area contributed by atoms with Crippen LogP contribution in [0, 0.1) is 29.6 Å². The molecule has 1 unspecified atom stereocenters. The molecule has 1 N–H and O–H groups in total. The zero-order valence-electron chi connectivity index (χ0n) is 22.3. The molecule has 7 nitrogen and oxygen atoms in total. The molecule has 2 amide bonds. The Balaban J connectivity index is 1.58. The number of hydrogen-bond donors (Lipinski definition) is 1. The van der Waals surface area contributed by atoms with Gasteiger partial charge in [-0.3, -0.25) is 14.9 Å². The van der Waals surface area contributed by atoms with Crippen LogP contribution in [0.4, 0.5) is 5.95 Å². The van der Waals surface area contributed by atoms with Gasteiger partial charge in [0.1, 0.15) is 5.41 Å². The third-order valence-corrected chi connectivity index (χ3v) is 7.37. The summed E-state index contributed by atoms with van der Waals surface area (Å²) >= 11 is 0. The number of nitrogens with one attached hydrogen (secondary N) is 1. The minimum atomic E-state index is -1.03. The van der Waals surface area contributed by atoms with Crippen molar-refractivity contribution >= 4 is 28.8 Å². The predicted molar refractivity (Wildman–Crippen MR) is 146 cm³/mol. The van der Waals surface area contributed by atoms with Gasteiger partial charge < -0.3 is 9.47 Å². The lowest BCUT2D eigenvalue weighted by Crippen LogP contribution is -2.45. The standard InChI is InChI=1S/C30H37N5O2/c1-21(2)10-8-16-30(4,20-31)28(37)34-17-9-13-24(34)19-35-26-15-6-5-14-25(26)32-29(35)33-27(36)23-12-7-11-22(3)18-23/h5-7,11-12,14-15,18,21,24H,8-10,13,16-17,19H2,1-4H3,(H,32,33,36)/t24-,30?/m1/s1. The van der Waals surface area contributed by atoms with E-state index in [4.69, 9.17) is 4.98 Å². The van der Waals surface area contributed by atoms with Crippen molar-refractivity contribution in [1.29, 1.82) is 5.26 Å². The molecule has 0 spiro atoms. The van der Waals surface area contributed by atoms with Crippen molar-refractivity contribution in [1.82, 2.24) is 14.5 Å². The van der Waals surface area contributed by atoms with Crippen LogP contribution >= 0.6 is 0 Å². The molecule has 0 aliphatic carbocycles. The number of benzene rings is 2. The van der Waals surface area contributed by atoms with E-state index in [2.05, 4.69) is 25.2 Å². The average Bonchev–Trinajstić information content (AvgIpc) is 3.48. The highest BCUT2D eigenvalue weighted by molar-refractivity contribution is 6.04. The topological polar surface area (TPSA) is 91.0 Å². The number of imidazole rings is 1. The van der Waals surface area contributed by atoms with Crippen LogP contribution in [0.3, 0.4) is 0 Å². The van der Waals surface area contributed by atoms with E-state index < -0.39 is 5.41 Å². The number of para-hydroxylation sites is 2. The van der Waals surface area contributed by atoms with Gasteiger partial charge in [0.05, 0.1) is 17.1 Å². The second-order valence-corrected chi connectivity index (χ2v) is 10.9. The maximum atomic E-state index is 13.7. The minimum absolute atomic E-state index is 0.0718. The number of likely N-dealkylation sites (tertiary alicyclic amines) is 1. The van der Waals surface area contributed by atoms with Crippen LogP contribution in [-0.4, -0.2) is 38.9 Å². The number of hydrogen-bond acceptors (Lipinski definition) is 4. The Hall–Kier alpha value is -3.66. The number of fused-ring (bicyclic) bond motifs is 1. The van der Waals surface area contributed by atoms with Crippen LogP contribution < -0.4 is 5.32 Å². The summed E-state index contributed by atoms with van der Waals surface area (Å²) in [5.41, 5.74) is 2.24. The summed E-state index contributed by atoms with van der Waals surface area (Å²) in [5.74, 6) is 0.699. The molecule has 2 atom stereocenters. The highest BCUT2D eigenvalue weighted by Gasteiger charge is 2.41. The lowest BCUT2D eigenvalue weighted by Gasteiger charge is -2.32. The van der Waals surface area contributed by atoms with Gasteiger partial charge in [0, 0.05) is 24.7 Å². The highest BCUT2D eigenvalue weighted by Crippen LogP contribution is 2.32. The smallest absolute Gasteiger partial charge is 0.257 e. The molecule has 7 heteroatoms. The van der Waals surface area contributed by atoms with Crippen molar-refractivity contribution in [2.24, 2.45) is 11.3 Å². The van der Waals surface area contributed by atoms with Gasteiger partial charge in [0.25, 0.3) is 5.91 Å². The highest BCUT2D eigenvalue weighted by atomic mass is 16.2. The quantitative estimate of drug-likeness (QED) is 0.394. The number of nitriles is 1. The molecule has 2 heterocycles. The number of aromatic nitrogens is 2. The Morgan fingerprint density at radius 3 is 2.73 bits per heavy atom. The van der Waals surface area contributed by atoms with Gasteiger partial charge >= 0.3 is 0 Å². The number of amides is 2. The van der Waals surface area contributed by atoms with Crippen molar-refractivity contribution < 1.29 is 9.59 Å². The number of carbonyl (C=O) groups is 2. The maximum Gasteiger partial charge on any atom is 0.257 e. The zero-order chi connectivity index (χ0) is 26.6. The van der Waals surface area contributed by atoms with E-state index in [9.17, 15) is 14.9 Å². The minimum Gasteiger partial charge on any atom is -0.337 e. The molecule has 1 saturated heterocycles. The fraction of sp³-hybridized carbons (Fsp3) is 0.467. The molecule has 0 radical (unpaired) electrons. The maximum absolute atomic E-state index is 13.7. The van der Waals surface area contributed by atoms with Crippen molar-refractivity contribution in [3.63, 3.8) is 0 Å². The largest absolute Gasteiger partial charge is 0.337 e. The summed E-state index contributed by atoms with van der Waals surface area (Å²) in [7, 11) is 0. The molecule has 194 valence electrons. The normalized spacial score (nSPS) is 17.1. The van der Waals surface area contributed by atoms with E-state index >= 15 is 0 Å². The summed E-state index contributed by atoms with van der Waals surface area (Å²) in [4.78, 5) is 33.3. The van der Waals surface area contributed by atoms with E-state index in [1.807, 2.05) is 58.9 Å². The van der Waals surface area contributed by atoms with Gasteiger partial charge in [-0.2, -0.15) is 5.26 Å². The summed E-state index contributed by atoms with van der Waals surface area (Å²) in [6.07, 6.45) is 4.15. The van der Waals surface area contributed by atoms with Crippen LogP contribution in [0.1, 0.15) is 68.8 Å².